The number of Topliss-reactive ketones (excluding diaryl/α,β-unsaturated/α-hetero) is 1. The number of nitrogens with zero attached hydrogens (tertiary/aromatic N) is 2. The van der Waals surface area contributed by atoms with Gasteiger partial charge >= 0.3 is 6.09 Å². The topological polar surface area (TPSA) is 95.1 Å². The van der Waals surface area contributed by atoms with Crippen LogP contribution in [0.4, 0.5) is 4.79 Å². The van der Waals surface area contributed by atoms with Crippen LogP contribution in [-0.2, 0) is 6.54 Å². The SMILES string of the molecule is CCCOc1ccc2c(c1CN1CCN(C(=O)O)CC1)O/C(=C\c1c[nH]c3ccccc13)C2=O. The first-order valence-electron chi connectivity index (χ1n) is 11.5. The van der Waals surface area contributed by atoms with Gasteiger partial charge in [0.25, 0.3) is 0 Å². The van der Waals surface area contributed by atoms with E-state index in [2.05, 4.69) is 9.88 Å². The molecule has 1 amide bonds. The Morgan fingerprint density at radius 3 is 2.74 bits per heavy atom. The van der Waals surface area contributed by atoms with Gasteiger partial charge in [0, 0.05) is 55.4 Å². The lowest BCUT2D eigenvalue weighted by Crippen LogP contribution is -2.47. The van der Waals surface area contributed by atoms with Crippen molar-refractivity contribution in [2.24, 2.45) is 0 Å². The number of H-pyrrole nitrogens is 1. The smallest absolute Gasteiger partial charge is 0.407 e. The van der Waals surface area contributed by atoms with E-state index in [1.807, 2.05) is 43.5 Å². The van der Waals surface area contributed by atoms with Crippen LogP contribution in [-0.4, -0.2) is 64.6 Å². The van der Waals surface area contributed by atoms with E-state index in [1.54, 1.807) is 12.1 Å². The van der Waals surface area contributed by atoms with Crippen molar-refractivity contribution in [3.8, 4) is 11.5 Å². The van der Waals surface area contributed by atoms with Gasteiger partial charge in [0.05, 0.1) is 17.7 Å². The van der Waals surface area contributed by atoms with Crippen LogP contribution < -0.4 is 9.47 Å². The lowest BCUT2D eigenvalue weighted by atomic mass is 10.0. The van der Waals surface area contributed by atoms with E-state index in [4.69, 9.17) is 9.47 Å². The standard InChI is InChI=1S/C26H27N3O5/c1-2-13-33-22-8-7-19-24(30)23(14-17-15-27-21-6-4-3-5-18(17)21)34-25(19)20(22)16-28-9-11-29(12-10-28)26(31)32/h3-8,14-15,27H,2,9-13,16H2,1H3,(H,31,32)/b23-14-. The van der Waals surface area contributed by atoms with Gasteiger partial charge in [-0.3, -0.25) is 9.69 Å². The number of hydrogen-bond acceptors (Lipinski definition) is 5. The maximum Gasteiger partial charge on any atom is 0.407 e. The van der Waals surface area contributed by atoms with E-state index in [9.17, 15) is 14.7 Å². The molecule has 0 bridgehead atoms. The summed E-state index contributed by atoms with van der Waals surface area (Å²) in [5.41, 5.74) is 3.23. The Kier molecular flexibility index (Phi) is 5.98. The Bertz CT molecular complexity index is 1270. The van der Waals surface area contributed by atoms with Crippen LogP contribution >= 0.6 is 0 Å². The maximum absolute atomic E-state index is 13.2. The molecule has 2 aliphatic heterocycles. The van der Waals surface area contributed by atoms with Gasteiger partial charge in [0.15, 0.2) is 5.76 Å². The number of piperazine rings is 1. The fourth-order valence-corrected chi connectivity index (χ4v) is 4.46. The number of fused-ring (bicyclic) bond motifs is 2. The molecule has 5 rings (SSSR count). The summed E-state index contributed by atoms with van der Waals surface area (Å²) >= 11 is 0. The summed E-state index contributed by atoms with van der Waals surface area (Å²) in [7, 11) is 0. The van der Waals surface area contributed by atoms with Crippen molar-refractivity contribution in [1.29, 1.82) is 0 Å². The van der Waals surface area contributed by atoms with E-state index < -0.39 is 6.09 Å². The van der Waals surface area contributed by atoms with Gasteiger partial charge in [0.2, 0.25) is 5.78 Å². The number of aromatic nitrogens is 1. The molecule has 2 aromatic carbocycles. The first kappa shape index (κ1) is 22.0. The third kappa shape index (κ3) is 4.12. The summed E-state index contributed by atoms with van der Waals surface area (Å²) < 4.78 is 12.2. The molecule has 0 spiro atoms. The number of carbonyl (C=O) groups excluding carboxylic acids is 1. The van der Waals surface area contributed by atoms with Gasteiger partial charge in [-0.1, -0.05) is 25.1 Å². The monoisotopic (exact) mass is 461 g/mol. The molecular formula is C26H27N3O5. The number of nitrogens with one attached hydrogen (secondary N) is 1. The summed E-state index contributed by atoms with van der Waals surface area (Å²) in [6, 6.07) is 11.5. The Hall–Kier alpha value is -3.78. The van der Waals surface area contributed by atoms with E-state index in [0.717, 1.165) is 28.5 Å². The maximum atomic E-state index is 13.2. The third-order valence-electron chi connectivity index (χ3n) is 6.29. The van der Waals surface area contributed by atoms with Crippen molar-refractivity contribution in [1.82, 2.24) is 14.8 Å². The molecule has 2 aliphatic rings. The fourth-order valence-electron chi connectivity index (χ4n) is 4.46. The Labute approximate surface area is 197 Å². The number of rotatable bonds is 6. The summed E-state index contributed by atoms with van der Waals surface area (Å²) in [5, 5.41) is 10.3. The lowest BCUT2D eigenvalue weighted by Gasteiger charge is -2.33. The molecule has 8 nitrogen and oxygen atoms in total. The Balaban J connectivity index is 1.45. The fraction of sp³-hybridized carbons (Fsp3) is 0.308. The molecule has 3 heterocycles. The largest absolute Gasteiger partial charge is 0.493 e. The Morgan fingerprint density at radius 2 is 1.97 bits per heavy atom. The average molecular weight is 462 g/mol. The molecule has 0 atom stereocenters. The second-order valence-corrected chi connectivity index (χ2v) is 8.54. The summed E-state index contributed by atoms with van der Waals surface area (Å²) in [5.74, 6) is 1.36. The van der Waals surface area contributed by atoms with Crippen LogP contribution in [0, 0.1) is 0 Å². The molecule has 1 saturated heterocycles. The minimum absolute atomic E-state index is 0.153. The van der Waals surface area contributed by atoms with Crippen molar-refractivity contribution in [2.45, 2.75) is 19.9 Å². The first-order valence-corrected chi connectivity index (χ1v) is 11.5. The van der Waals surface area contributed by atoms with Gasteiger partial charge in [-0.05, 0) is 30.7 Å². The molecule has 8 heteroatoms. The normalized spacial score (nSPS) is 17.3. The number of para-hydroxylation sites is 1. The number of amides is 1. The molecule has 0 radical (unpaired) electrons. The van der Waals surface area contributed by atoms with Crippen LogP contribution in [0.15, 0.2) is 48.4 Å². The van der Waals surface area contributed by atoms with E-state index in [-0.39, 0.29) is 11.5 Å². The second kappa shape index (κ2) is 9.23. The lowest BCUT2D eigenvalue weighted by molar-refractivity contribution is 0.101. The molecule has 0 saturated carbocycles. The minimum Gasteiger partial charge on any atom is -0.493 e. The number of ketones is 1. The van der Waals surface area contributed by atoms with Crippen molar-refractivity contribution in [3.05, 3.63) is 65.0 Å². The zero-order valence-corrected chi connectivity index (χ0v) is 19.0. The van der Waals surface area contributed by atoms with Crippen molar-refractivity contribution >= 4 is 28.9 Å². The number of hydrogen-bond donors (Lipinski definition) is 2. The quantitative estimate of drug-likeness (QED) is 0.530. The van der Waals surface area contributed by atoms with E-state index in [1.165, 1.54) is 4.90 Å². The van der Waals surface area contributed by atoms with Gasteiger partial charge in [0.1, 0.15) is 11.5 Å². The molecule has 1 fully saturated rings. The number of ether oxygens (including phenoxy) is 2. The number of allylic oxidation sites excluding steroid dienone is 1. The highest BCUT2D eigenvalue weighted by molar-refractivity contribution is 6.15. The van der Waals surface area contributed by atoms with Gasteiger partial charge in [-0.2, -0.15) is 0 Å². The highest BCUT2D eigenvalue weighted by atomic mass is 16.5. The minimum atomic E-state index is -0.895. The summed E-state index contributed by atoms with van der Waals surface area (Å²) in [6.45, 7) is 5.22. The zero-order valence-electron chi connectivity index (χ0n) is 19.0. The van der Waals surface area contributed by atoms with Crippen molar-refractivity contribution in [3.63, 3.8) is 0 Å². The van der Waals surface area contributed by atoms with E-state index >= 15 is 0 Å². The van der Waals surface area contributed by atoms with Crippen molar-refractivity contribution < 1.29 is 24.2 Å². The van der Waals surface area contributed by atoms with Crippen LogP contribution in [0.3, 0.4) is 0 Å². The number of carbonyl (C=O) groups is 2. The molecular weight excluding hydrogens is 434 g/mol. The number of aromatic amines is 1. The average Bonchev–Trinajstić information content (AvgIpc) is 3.40. The van der Waals surface area contributed by atoms with Crippen LogP contribution in [0.25, 0.3) is 17.0 Å². The van der Waals surface area contributed by atoms with Crippen LogP contribution in [0.1, 0.15) is 34.8 Å². The summed E-state index contributed by atoms with van der Waals surface area (Å²) in [4.78, 5) is 31.3. The Morgan fingerprint density at radius 1 is 1.18 bits per heavy atom. The second-order valence-electron chi connectivity index (χ2n) is 8.54. The van der Waals surface area contributed by atoms with Crippen LogP contribution in [0.2, 0.25) is 0 Å². The predicted molar refractivity (Wildman–Crippen MR) is 128 cm³/mol. The number of carboxylic acid groups (broad SMARTS) is 1. The summed E-state index contributed by atoms with van der Waals surface area (Å²) in [6.07, 6.45) is 3.62. The molecule has 0 unspecified atom stereocenters. The molecule has 1 aromatic heterocycles. The highest BCUT2D eigenvalue weighted by Crippen LogP contribution is 2.41. The molecule has 2 N–H and O–H groups in total. The van der Waals surface area contributed by atoms with Gasteiger partial charge in [-0.25, -0.2) is 4.79 Å². The highest BCUT2D eigenvalue weighted by Gasteiger charge is 2.33. The molecule has 0 aliphatic carbocycles. The third-order valence-corrected chi connectivity index (χ3v) is 6.29. The zero-order chi connectivity index (χ0) is 23.7. The van der Waals surface area contributed by atoms with Gasteiger partial charge < -0.3 is 24.5 Å². The van der Waals surface area contributed by atoms with Crippen LogP contribution in [0.5, 0.6) is 11.5 Å². The van der Waals surface area contributed by atoms with Crippen molar-refractivity contribution in [2.75, 3.05) is 32.8 Å². The molecule has 3 aromatic rings. The van der Waals surface area contributed by atoms with Gasteiger partial charge in [-0.15, -0.1) is 0 Å². The molecule has 176 valence electrons. The first-order chi connectivity index (χ1) is 16.5. The number of benzene rings is 2. The molecule has 34 heavy (non-hydrogen) atoms. The predicted octanol–water partition coefficient (Wildman–Crippen LogP) is 4.37. The van der Waals surface area contributed by atoms with E-state index in [0.29, 0.717) is 56.4 Å².